The molecule has 3 aromatic rings. The Labute approximate surface area is 142 Å². The van der Waals surface area contributed by atoms with Crippen LogP contribution in [0.4, 0.5) is 5.69 Å². The van der Waals surface area contributed by atoms with Gasteiger partial charge in [-0.25, -0.2) is 0 Å². The van der Waals surface area contributed by atoms with Gasteiger partial charge in [0.2, 0.25) is 0 Å². The van der Waals surface area contributed by atoms with E-state index in [-0.39, 0.29) is 17.6 Å². The Morgan fingerprint density at radius 3 is 2.79 bits per heavy atom. The summed E-state index contributed by atoms with van der Waals surface area (Å²) in [5, 5.41) is 18.7. The molecule has 2 heterocycles. The second-order valence-corrected chi connectivity index (χ2v) is 6.68. The maximum Gasteiger partial charge on any atom is 0.270 e. The molecule has 0 fully saturated rings. The van der Waals surface area contributed by atoms with Gasteiger partial charge in [0.05, 0.1) is 22.0 Å². The zero-order valence-electron chi connectivity index (χ0n) is 13.4. The highest BCUT2D eigenvalue weighted by Crippen LogP contribution is 2.29. The number of carbonyl (C=O) groups excluding carboxylic acids is 1. The number of nitro groups is 1. The number of carbonyl (C=O) groups is 1. The third-order valence-electron chi connectivity index (χ3n) is 4.02. The van der Waals surface area contributed by atoms with Crippen LogP contribution in [-0.2, 0) is 7.05 Å². The fourth-order valence-corrected chi connectivity index (χ4v) is 3.49. The van der Waals surface area contributed by atoms with E-state index < -0.39 is 4.92 Å². The summed E-state index contributed by atoms with van der Waals surface area (Å²) in [5.41, 5.74) is 1.98. The van der Waals surface area contributed by atoms with Gasteiger partial charge in [-0.1, -0.05) is 0 Å². The molecule has 2 aromatic heterocycles. The van der Waals surface area contributed by atoms with Crippen molar-refractivity contribution in [3.8, 4) is 0 Å². The van der Waals surface area contributed by atoms with Crippen LogP contribution >= 0.6 is 11.3 Å². The molecule has 124 valence electrons. The summed E-state index contributed by atoms with van der Waals surface area (Å²) in [6.07, 6.45) is 1.74. The molecule has 24 heavy (non-hydrogen) atoms. The summed E-state index contributed by atoms with van der Waals surface area (Å²) in [6.45, 7) is 3.85. The Bertz CT molecular complexity index is 944. The molecule has 0 radical (unpaired) electrons. The van der Waals surface area contributed by atoms with E-state index in [1.165, 1.54) is 23.5 Å². The quantitative estimate of drug-likeness (QED) is 0.580. The zero-order chi connectivity index (χ0) is 17.4. The number of nitro benzene ring substituents is 1. The summed E-state index contributed by atoms with van der Waals surface area (Å²) >= 11 is 1.32. The van der Waals surface area contributed by atoms with Crippen LogP contribution in [0.5, 0.6) is 0 Å². The van der Waals surface area contributed by atoms with E-state index in [9.17, 15) is 14.9 Å². The van der Waals surface area contributed by atoms with Crippen LogP contribution in [-0.4, -0.2) is 20.6 Å². The fraction of sp³-hybridized carbons (Fsp3) is 0.250. The minimum atomic E-state index is -0.440. The Kier molecular flexibility index (Phi) is 4.06. The van der Waals surface area contributed by atoms with Crippen LogP contribution in [0.1, 0.15) is 33.9 Å². The number of thiophene rings is 1. The molecule has 0 aliphatic heterocycles. The van der Waals surface area contributed by atoms with Crippen molar-refractivity contribution in [2.45, 2.75) is 19.9 Å². The van der Waals surface area contributed by atoms with E-state index in [0.29, 0.717) is 10.3 Å². The van der Waals surface area contributed by atoms with Crippen molar-refractivity contribution in [3.05, 3.63) is 56.7 Å². The SMILES string of the molecule is Cc1c([C@H](C)NC(=O)c2cc3cc([N+](=O)[O-])ccc3s2)cnn1C. The highest BCUT2D eigenvalue weighted by Gasteiger charge is 2.18. The number of aryl methyl sites for hydroxylation is 1. The first-order valence-electron chi connectivity index (χ1n) is 7.34. The number of non-ortho nitro benzene ring substituents is 1. The fourth-order valence-electron chi connectivity index (χ4n) is 2.54. The third-order valence-corrected chi connectivity index (χ3v) is 5.14. The topological polar surface area (TPSA) is 90.1 Å². The lowest BCUT2D eigenvalue weighted by Crippen LogP contribution is -2.26. The number of nitrogens with zero attached hydrogens (tertiary/aromatic N) is 3. The summed E-state index contributed by atoms with van der Waals surface area (Å²) < 4.78 is 2.60. The molecular formula is C16H16N4O3S. The number of fused-ring (bicyclic) bond motifs is 1. The minimum absolute atomic E-state index is 0.0200. The van der Waals surface area contributed by atoms with Gasteiger partial charge in [0, 0.05) is 40.5 Å². The van der Waals surface area contributed by atoms with Crippen LogP contribution < -0.4 is 5.32 Å². The van der Waals surface area contributed by atoms with Gasteiger partial charge in [-0.2, -0.15) is 5.10 Å². The smallest absolute Gasteiger partial charge is 0.270 e. The second-order valence-electron chi connectivity index (χ2n) is 5.59. The van der Waals surface area contributed by atoms with Crippen molar-refractivity contribution in [2.24, 2.45) is 7.05 Å². The lowest BCUT2D eigenvalue weighted by Gasteiger charge is -2.12. The van der Waals surface area contributed by atoms with Crippen molar-refractivity contribution in [1.82, 2.24) is 15.1 Å². The van der Waals surface area contributed by atoms with Gasteiger partial charge in [0.15, 0.2) is 0 Å². The van der Waals surface area contributed by atoms with Gasteiger partial charge in [-0.3, -0.25) is 19.6 Å². The molecule has 7 nitrogen and oxygen atoms in total. The number of hydrogen-bond donors (Lipinski definition) is 1. The summed E-state index contributed by atoms with van der Waals surface area (Å²) in [5.74, 6) is -0.199. The van der Waals surface area contributed by atoms with Crippen LogP contribution in [0, 0.1) is 17.0 Å². The first-order valence-corrected chi connectivity index (χ1v) is 8.16. The van der Waals surface area contributed by atoms with Crippen molar-refractivity contribution in [1.29, 1.82) is 0 Å². The first-order chi connectivity index (χ1) is 11.4. The van der Waals surface area contributed by atoms with Crippen molar-refractivity contribution in [2.75, 3.05) is 0 Å². The van der Waals surface area contributed by atoms with Gasteiger partial charge in [0.25, 0.3) is 11.6 Å². The monoisotopic (exact) mass is 344 g/mol. The summed E-state index contributed by atoms with van der Waals surface area (Å²) in [6, 6.07) is 6.11. The van der Waals surface area contributed by atoms with Crippen LogP contribution in [0.2, 0.25) is 0 Å². The number of amides is 1. The van der Waals surface area contributed by atoms with Gasteiger partial charge in [0.1, 0.15) is 0 Å². The molecule has 0 saturated heterocycles. The predicted molar refractivity (Wildman–Crippen MR) is 92.3 cm³/mol. The molecule has 8 heteroatoms. The Hall–Kier alpha value is -2.74. The number of benzene rings is 1. The van der Waals surface area contributed by atoms with E-state index in [1.807, 2.05) is 20.9 Å². The molecule has 3 rings (SSSR count). The normalized spacial score (nSPS) is 12.3. The average Bonchev–Trinajstić information content (AvgIpc) is 3.10. The van der Waals surface area contributed by atoms with E-state index >= 15 is 0 Å². The Morgan fingerprint density at radius 1 is 1.42 bits per heavy atom. The molecule has 0 aliphatic rings. The van der Waals surface area contributed by atoms with Crippen LogP contribution in [0.3, 0.4) is 0 Å². The number of rotatable bonds is 4. The highest BCUT2D eigenvalue weighted by molar-refractivity contribution is 7.20. The largest absolute Gasteiger partial charge is 0.345 e. The average molecular weight is 344 g/mol. The molecular weight excluding hydrogens is 328 g/mol. The number of nitrogens with one attached hydrogen (secondary N) is 1. The van der Waals surface area contributed by atoms with Crippen molar-refractivity contribution < 1.29 is 9.72 Å². The standard InChI is InChI=1S/C16H16N4O3S/c1-9(13-8-17-19(3)10(13)2)18-16(21)15-7-11-6-12(20(22)23)4-5-14(11)24-15/h4-9H,1-3H3,(H,18,21)/t9-/m0/s1. The molecule has 0 spiro atoms. The van der Waals surface area contributed by atoms with Crippen molar-refractivity contribution in [3.63, 3.8) is 0 Å². The molecule has 0 bridgehead atoms. The van der Waals surface area contributed by atoms with E-state index in [1.54, 1.807) is 23.0 Å². The maximum atomic E-state index is 12.5. The Morgan fingerprint density at radius 2 is 2.17 bits per heavy atom. The predicted octanol–water partition coefficient (Wildman–Crippen LogP) is 3.34. The van der Waals surface area contributed by atoms with Crippen LogP contribution in [0.25, 0.3) is 10.1 Å². The molecule has 1 aromatic carbocycles. The zero-order valence-corrected chi connectivity index (χ0v) is 14.3. The van der Waals surface area contributed by atoms with E-state index in [0.717, 1.165) is 16.0 Å². The lowest BCUT2D eigenvalue weighted by atomic mass is 10.1. The lowest BCUT2D eigenvalue weighted by molar-refractivity contribution is -0.384. The van der Waals surface area contributed by atoms with Gasteiger partial charge >= 0.3 is 0 Å². The minimum Gasteiger partial charge on any atom is -0.345 e. The Balaban J connectivity index is 1.83. The third kappa shape index (κ3) is 2.88. The highest BCUT2D eigenvalue weighted by atomic mass is 32.1. The first kappa shape index (κ1) is 16.1. The second kappa shape index (κ2) is 6.04. The van der Waals surface area contributed by atoms with Crippen LogP contribution in [0.15, 0.2) is 30.5 Å². The van der Waals surface area contributed by atoms with E-state index in [2.05, 4.69) is 10.4 Å². The number of aromatic nitrogens is 2. The molecule has 0 unspecified atom stereocenters. The molecule has 1 amide bonds. The molecule has 1 N–H and O–H groups in total. The van der Waals surface area contributed by atoms with E-state index in [4.69, 9.17) is 0 Å². The summed E-state index contributed by atoms with van der Waals surface area (Å²) in [4.78, 5) is 23.4. The van der Waals surface area contributed by atoms with Crippen molar-refractivity contribution >= 4 is 33.0 Å². The van der Waals surface area contributed by atoms with Gasteiger partial charge < -0.3 is 5.32 Å². The maximum absolute atomic E-state index is 12.5. The molecule has 0 saturated carbocycles. The van der Waals surface area contributed by atoms with Gasteiger partial charge in [-0.15, -0.1) is 11.3 Å². The summed E-state index contributed by atoms with van der Waals surface area (Å²) in [7, 11) is 1.85. The van der Waals surface area contributed by atoms with Gasteiger partial charge in [-0.05, 0) is 26.0 Å². The molecule has 1 atom stereocenters. The molecule has 0 aliphatic carbocycles. The number of hydrogen-bond acceptors (Lipinski definition) is 5.